The maximum atomic E-state index is 12.9. The Labute approximate surface area is 190 Å². The van der Waals surface area contributed by atoms with Crippen LogP contribution in [-0.4, -0.2) is 38.5 Å². The molecule has 0 fully saturated rings. The first-order valence-electron chi connectivity index (χ1n) is 10.0. The smallest absolute Gasteiger partial charge is 0.272 e. The van der Waals surface area contributed by atoms with Crippen molar-refractivity contribution in [3.63, 3.8) is 0 Å². The molecular formula is C22H23ClN4O5. The molecule has 0 spiro atoms. The number of nitrogens with zero attached hydrogens (tertiary/aromatic N) is 4. The van der Waals surface area contributed by atoms with Gasteiger partial charge in [-0.25, -0.2) is 0 Å². The van der Waals surface area contributed by atoms with E-state index in [2.05, 4.69) is 10.1 Å². The van der Waals surface area contributed by atoms with E-state index in [-0.39, 0.29) is 30.8 Å². The summed E-state index contributed by atoms with van der Waals surface area (Å²) in [6.07, 6.45) is 0.723. The van der Waals surface area contributed by atoms with Crippen molar-refractivity contribution in [3.05, 3.63) is 69.1 Å². The molecule has 2 aromatic carbocycles. The van der Waals surface area contributed by atoms with Gasteiger partial charge in [0.1, 0.15) is 12.3 Å². The number of hydrogen-bond donors (Lipinski definition) is 0. The van der Waals surface area contributed by atoms with Crippen molar-refractivity contribution >= 4 is 23.2 Å². The minimum absolute atomic E-state index is 0.00204. The fourth-order valence-electron chi connectivity index (χ4n) is 3.04. The maximum Gasteiger partial charge on any atom is 0.272 e. The van der Waals surface area contributed by atoms with E-state index >= 15 is 0 Å². The van der Waals surface area contributed by atoms with E-state index in [0.29, 0.717) is 28.1 Å². The molecule has 9 nitrogen and oxygen atoms in total. The number of aryl methyl sites for hydroxylation is 1. The van der Waals surface area contributed by atoms with Crippen LogP contribution in [0.1, 0.15) is 31.7 Å². The van der Waals surface area contributed by atoms with E-state index in [9.17, 15) is 14.9 Å². The van der Waals surface area contributed by atoms with Crippen LogP contribution in [0.25, 0.3) is 11.4 Å². The lowest BCUT2D eigenvalue weighted by atomic mass is 10.2. The van der Waals surface area contributed by atoms with Crippen LogP contribution in [0.5, 0.6) is 5.75 Å². The number of nitro benzene ring substituents is 1. The van der Waals surface area contributed by atoms with Crippen LogP contribution in [-0.2, 0) is 11.3 Å². The summed E-state index contributed by atoms with van der Waals surface area (Å²) in [5.41, 5.74) is 1.21. The van der Waals surface area contributed by atoms with E-state index in [0.717, 1.165) is 12.0 Å². The van der Waals surface area contributed by atoms with Crippen LogP contribution in [0.2, 0.25) is 5.02 Å². The minimum atomic E-state index is -0.461. The summed E-state index contributed by atoms with van der Waals surface area (Å²) in [7, 11) is 0. The van der Waals surface area contributed by atoms with Crippen LogP contribution in [0.4, 0.5) is 5.69 Å². The Hall–Kier alpha value is -3.46. The third-order valence-corrected chi connectivity index (χ3v) is 5.30. The highest BCUT2D eigenvalue weighted by Crippen LogP contribution is 2.23. The second-order valence-corrected chi connectivity index (χ2v) is 7.73. The largest absolute Gasteiger partial charge is 0.484 e. The number of benzene rings is 2. The number of ether oxygens (including phenoxy) is 1. The second-order valence-electron chi connectivity index (χ2n) is 7.29. The van der Waals surface area contributed by atoms with Crippen LogP contribution >= 0.6 is 11.6 Å². The normalized spacial score (nSPS) is 11.8. The van der Waals surface area contributed by atoms with E-state index in [1.807, 2.05) is 13.8 Å². The molecule has 3 aromatic rings. The Morgan fingerprint density at radius 1 is 1.28 bits per heavy atom. The number of halogens is 1. The van der Waals surface area contributed by atoms with E-state index < -0.39 is 4.92 Å². The zero-order valence-electron chi connectivity index (χ0n) is 17.9. The summed E-state index contributed by atoms with van der Waals surface area (Å²) in [6.45, 7) is 5.42. The quantitative estimate of drug-likeness (QED) is 0.334. The van der Waals surface area contributed by atoms with Crippen LogP contribution in [0.3, 0.4) is 0 Å². The number of nitro groups is 1. The molecule has 0 saturated carbocycles. The predicted molar refractivity (Wildman–Crippen MR) is 118 cm³/mol. The molecule has 0 saturated heterocycles. The fourth-order valence-corrected chi connectivity index (χ4v) is 3.17. The zero-order chi connectivity index (χ0) is 23.3. The molecule has 0 unspecified atom stereocenters. The summed E-state index contributed by atoms with van der Waals surface area (Å²) in [5, 5.41) is 15.5. The molecule has 1 heterocycles. The predicted octanol–water partition coefficient (Wildman–Crippen LogP) is 4.81. The average molecular weight is 459 g/mol. The third-order valence-electron chi connectivity index (χ3n) is 5.05. The molecule has 1 amide bonds. The molecule has 168 valence electrons. The van der Waals surface area contributed by atoms with Gasteiger partial charge in [0.15, 0.2) is 6.61 Å². The van der Waals surface area contributed by atoms with Crippen molar-refractivity contribution in [2.75, 3.05) is 6.61 Å². The molecule has 3 rings (SSSR count). The molecule has 0 N–H and O–H groups in total. The van der Waals surface area contributed by atoms with Gasteiger partial charge in [-0.1, -0.05) is 23.7 Å². The number of amides is 1. The fraction of sp³-hybridized carbons (Fsp3) is 0.318. The topological polar surface area (TPSA) is 112 Å². The number of rotatable bonds is 9. The molecule has 1 aromatic heterocycles. The third kappa shape index (κ3) is 5.61. The highest BCUT2D eigenvalue weighted by atomic mass is 35.5. The number of carbonyl (C=O) groups excluding carboxylic acids is 1. The Morgan fingerprint density at radius 3 is 2.62 bits per heavy atom. The maximum absolute atomic E-state index is 12.9. The Bertz CT molecular complexity index is 1100. The molecule has 10 heteroatoms. The first kappa shape index (κ1) is 23.2. The standard InChI is InChI=1S/C22H23ClN4O5/c1-4-15(3)26(12-20-24-22(25-32-20)16-5-7-17(23)8-6-16)21(28)13-31-18-9-10-19(27(29)30)14(2)11-18/h5-11,15H,4,12-13H2,1-3H3/t15-/m0/s1. The highest BCUT2D eigenvalue weighted by molar-refractivity contribution is 6.30. The molecular weight excluding hydrogens is 436 g/mol. The van der Waals surface area contributed by atoms with E-state index in [1.54, 1.807) is 36.1 Å². The summed E-state index contributed by atoms with van der Waals surface area (Å²) in [6, 6.07) is 11.3. The van der Waals surface area contributed by atoms with Crippen molar-refractivity contribution in [3.8, 4) is 17.1 Å². The summed E-state index contributed by atoms with van der Waals surface area (Å²) in [4.78, 5) is 29.4. The molecule has 1 atom stereocenters. The molecule has 0 radical (unpaired) electrons. The second kappa shape index (κ2) is 10.2. The molecule has 32 heavy (non-hydrogen) atoms. The number of hydrogen-bond acceptors (Lipinski definition) is 7. The number of carbonyl (C=O) groups is 1. The van der Waals surface area contributed by atoms with Gasteiger partial charge in [-0.05, 0) is 56.7 Å². The van der Waals surface area contributed by atoms with Crippen LogP contribution < -0.4 is 4.74 Å². The van der Waals surface area contributed by atoms with Gasteiger partial charge in [0.2, 0.25) is 11.7 Å². The molecule has 0 bridgehead atoms. The van der Waals surface area contributed by atoms with Crippen molar-refractivity contribution in [1.82, 2.24) is 15.0 Å². The average Bonchev–Trinajstić information content (AvgIpc) is 3.24. The lowest BCUT2D eigenvalue weighted by Crippen LogP contribution is -2.40. The van der Waals surface area contributed by atoms with E-state index in [4.69, 9.17) is 20.9 Å². The Kier molecular flexibility index (Phi) is 7.42. The van der Waals surface area contributed by atoms with Gasteiger partial charge in [-0.3, -0.25) is 14.9 Å². The lowest BCUT2D eigenvalue weighted by Gasteiger charge is -2.27. The molecule has 0 aliphatic heterocycles. The van der Waals surface area contributed by atoms with Crippen molar-refractivity contribution in [1.29, 1.82) is 0 Å². The van der Waals surface area contributed by atoms with Crippen LogP contribution in [0, 0.1) is 17.0 Å². The lowest BCUT2D eigenvalue weighted by molar-refractivity contribution is -0.385. The summed E-state index contributed by atoms with van der Waals surface area (Å²) >= 11 is 5.91. The summed E-state index contributed by atoms with van der Waals surface area (Å²) < 4.78 is 10.9. The van der Waals surface area contributed by atoms with E-state index in [1.165, 1.54) is 18.2 Å². The first-order chi connectivity index (χ1) is 15.3. The van der Waals surface area contributed by atoms with Crippen molar-refractivity contribution in [2.24, 2.45) is 0 Å². The van der Waals surface area contributed by atoms with Crippen molar-refractivity contribution < 1.29 is 19.0 Å². The Balaban J connectivity index is 1.68. The minimum Gasteiger partial charge on any atom is -0.484 e. The zero-order valence-corrected chi connectivity index (χ0v) is 18.7. The van der Waals surface area contributed by atoms with Gasteiger partial charge < -0.3 is 14.2 Å². The first-order valence-corrected chi connectivity index (χ1v) is 10.4. The molecule has 0 aliphatic rings. The van der Waals surface area contributed by atoms with Gasteiger partial charge in [0.25, 0.3) is 11.6 Å². The van der Waals surface area contributed by atoms with Gasteiger partial charge in [0.05, 0.1) is 4.92 Å². The van der Waals surface area contributed by atoms with Crippen LogP contribution in [0.15, 0.2) is 47.0 Å². The van der Waals surface area contributed by atoms with Gasteiger partial charge in [-0.15, -0.1) is 0 Å². The van der Waals surface area contributed by atoms with Gasteiger partial charge in [0, 0.05) is 28.3 Å². The monoisotopic (exact) mass is 458 g/mol. The highest BCUT2D eigenvalue weighted by Gasteiger charge is 2.23. The molecule has 0 aliphatic carbocycles. The SMILES string of the molecule is CC[C@H](C)N(Cc1nc(-c2ccc(Cl)cc2)no1)C(=O)COc1ccc([N+](=O)[O-])c(C)c1. The van der Waals surface area contributed by atoms with Crippen molar-refractivity contribution in [2.45, 2.75) is 39.8 Å². The Morgan fingerprint density at radius 2 is 2.00 bits per heavy atom. The number of aromatic nitrogens is 2. The van der Waals surface area contributed by atoms with Gasteiger partial charge >= 0.3 is 0 Å². The van der Waals surface area contributed by atoms with Gasteiger partial charge in [-0.2, -0.15) is 4.98 Å². The summed E-state index contributed by atoms with van der Waals surface area (Å²) in [5.74, 6) is 0.829.